The van der Waals surface area contributed by atoms with Crippen molar-refractivity contribution in [3.05, 3.63) is 0 Å². The zero-order chi connectivity index (χ0) is 12.7. The summed E-state index contributed by atoms with van der Waals surface area (Å²) in [7, 11) is -12.7. The van der Waals surface area contributed by atoms with Crippen molar-refractivity contribution in [3.8, 4) is 0 Å². The molecule has 0 aromatic carbocycles. The molecule has 0 aliphatic heterocycles. The molecule has 0 amide bonds. The molecule has 0 aromatic heterocycles. The van der Waals surface area contributed by atoms with E-state index in [1.165, 1.54) is 0 Å². The summed E-state index contributed by atoms with van der Waals surface area (Å²) in [5.41, 5.74) is -12.1. The molecule has 0 saturated heterocycles. The van der Waals surface area contributed by atoms with Gasteiger partial charge in [0.1, 0.15) is 0 Å². The van der Waals surface area contributed by atoms with Gasteiger partial charge in [0.05, 0.1) is 0 Å². The molecule has 0 atom stereocenters. The maximum absolute atomic E-state index is 11.5. The minimum atomic E-state index is -6.35. The number of halogens is 6. The van der Waals surface area contributed by atoms with Crippen LogP contribution in [0.1, 0.15) is 0 Å². The standard InChI is InChI=1S/C3H2F6O4S2.K/c4-2(5,6)14(10,11)1-15(12,13)3(7,8)9;/h1H2;. The summed E-state index contributed by atoms with van der Waals surface area (Å²) >= 11 is 0. The van der Waals surface area contributed by atoms with Crippen molar-refractivity contribution >= 4 is 71.1 Å². The molecule has 0 aromatic rings. The summed E-state index contributed by atoms with van der Waals surface area (Å²) < 4.78 is 110. The van der Waals surface area contributed by atoms with E-state index >= 15 is 0 Å². The minimum Gasteiger partial charge on any atom is -0.218 e. The van der Waals surface area contributed by atoms with E-state index in [0.717, 1.165) is 0 Å². The van der Waals surface area contributed by atoms with Crippen molar-refractivity contribution in [2.45, 2.75) is 11.0 Å². The molecule has 0 rings (SSSR count). The number of alkyl halides is 6. The zero-order valence-electron chi connectivity index (χ0n) is 7.42. The Hall–Kier alpha value is 1.12. The van der Waals surface area contributed by atoms with Gasteiger partial charge in [-0.05, 0) is 0 Å². The molecular formula is C3H2F6KO4S2. The zero-order valence-corrected chi connectivity index (χ0v) is 12.2. The van der Waals surface area contributed by atoms with E-state index in [0.29, 0.717) is 0 Å². The molecule has 0 fully saturated rings. The topological polar surface area (TPSA) is 68.3 Å². The van der Waals surface area contributed by atoms with E-state index in [1.54, 1.807) is 0 Å². The fourth-order valence-electron chi connectivity index (χ4n) is 0.338. The molecule has 0 N–H and O–H groups in total. The predicted octanol–water partition coefficient (Wildman–Crippen LogP) is 0.432. The summed E-state index contributed by atoms with van der Waals surface area (Å²) in [6.45, 7) is 0. The molecule has 0 saturated carbocycles. The maximum Gasteiger partial charge on any atom is 0.498 e. The molecule has 0 aliphatic carbocycles. The fraction of sp³-hybridized carbons (Fsp3) is 1.00. The molecule has 0 aliphatic rings. The van der Waals surface area contributed by atoms with Crippen LogP contribution in [-0.4, -0.2) is 84.3 Å². The van der Waals surface area contributed by atoms with E-state index in [4.69, 9.17) is 0 Å². The molecule has 1 radical (unpaired) electrons. The van der Waals surface area contributed by atoms with Crippen molar-refractivity contribution < 1.29 is 43.2 Å². The van der Waals surface area contributed by atoms with Gasteiger partial charge in [-0.15, -0.1) is 0 Å². The second-order valence-corrected chi connectivity index (χ2v) is 6.57. The minimum absolute atomic E-state index is 0. The van der Waals surface area contributed by atoms with Gasteiger partial charge in [0.15, 0.2) is 5.08 Å². The maximum atomic E-state index is 11.5. The van der Waals surface area contributed by atoms with Crippen molar-refractivity contribution in [1.29, 1.82) is 0 Å². The summed E-state index contributed by atoms with van der Waals surface area (Å²) in [5.74, 6) is 0. The second kappa shape index (κ2) is 5.40. The monoisotopic (exact) mass is 319 g/mol. The van der Waals surface area contributed by atoms with Gasteiger partial charge in [-0.2, -0.15) is 26.3 Å². The van der Waals surface area contributed by atoms with Crippen LogP contribution in [0.4, 0.5) is 26.3 Å². The molecule has 13 heteroatoms. The third-order valence-electron chi connectivity index (χ3n) is 1.02. The van der Waals surface area contributed by atoms with Gasteiger partial charge in [0, 0.05) is 51.4 Å². The van der Waals surface area contributed by atoms with Crippen LogP contribution in [0.2, 0.25) is 0 Å². The van der Waals surface area contributed by atoms with Crippen LogP contribution in [0.3, 0.4) is 0 Å². The van der Waals surface area contributed by atoms with E-state index in [9.17, 15) is 43.2 Å². The molecule has 0 unspecified atom stereocenters. The first-order valence-electron chi connectivity index (χ1n) is 2.79. The van der Waals surface area contributed by atoms with Crippen LogP contribution in [-0.2, 0) is 19.7 Å². The van der Waals surface area contributed by atoms with Gasteiger partial charge < -0.3 is 0 Å². The van der Waals surface area contributed by atoms with Gasteiger partial charge in [-0.25, -0.2) is 16.8 Å². The van der Waals surface area contributed by atoms with Crippen LogP contribution < -0.4 is 0 Å². The molecule has 4 nitrogen and oxygen atoms in total. The Morgan fingerprint density at radius 2 is 0.875 bits per heavy atom. The SMILES string of the molecule is O=S(=O)(CS(=O)(=O)C(F)(F)F)C(F)(F)F.[K]. The van der Waals surface area contributed by atoms with Gasteiger partial charge in [0.25, 0.3) is 19.7 Å². The van der Waals surface area contributed by atoms with Crippen molar-refractivity contribution in [2.24, 2.45) is 0 Å². The van der Waals surface area contributed by atoms with Gasteiger partial charge in [-0.3, -0.25) is 0 Å². The van der Waals surface area contributed by atoms with Gasteiger partial charge in [-0.1, -0.05) is 0 Å². The van der Waals surface area contributed by atoms with Crippen LogP contribution in [0.15, 0.2) is 0 Å². The number of sulfone groups is 2. The van der Waals surface area contributed by atoms with Gasteiger partial charge >= 0.3 is 11.0 Å². The summed E-state index contributed by atoms with van der Waals surface area (Å²) in [6, 6.07) is 0. The molecular weight excluding hydrogens is 317 g/mol. The number of hydrogen-bond donors (Lipinski definition) is 0. The molecule has 0 bridgehead atoms. The average Bonchev–Trinajstić information content (AvgIpc) is 1.77. The summed E-state index contributed by atoms with van der Waals surface area (Å²) in [4.78, 5) is 0. The van der Waals surface area contributed by atoms with E-state index in [1.807, 2.05) is 0 Å². The first kappa shape index (κ1) is 19.5. The second-order valence-electron chi connectivity index (χ2n) is 2.24. The van der Waals surface area contributed by atoms with Crippen LogP contribution in [0.25, 0.3) is 0 Å². The average molecular weight is 319 g/mol. The largest absolute Gasteiger partial charge is 0.498 e. The van der Waals surface area contributed by atoms with Crippen molar-refractivity contribution in [1.82, 2.24) is 0 Å². The Labute approximate surface area is 129 Å². The normalized spacial score (nSPS) is 14.4. The first-order chi connectivity index (χ1) is 6.21. The third kappa shape index (κ3) is 4.78. The molecule has 93 valence electrons. The molecule has 0 heterocycles. The van der Waals surface area contributed by atoms with Gasteiger partial charge in [0.2, 0.25) is 0 Å². The van der Waals surface area contributed by atoms with Crippen LogP contribution >= 0.6 is 0 Å². The molecule has 0 spiro atoms. The van der Waals surface area contributed by atoms with E-state index in [-0.39, 0.29) is 51.4 Å². The van der Waals surface area contributed by atoms with Crippen molar-refractivity contribution in [3.63, 3.8) is 0 Å². The number of rotatable bonds is 2. The first-order valence-corrected chi connectivity index (χ1v) is 6.09. The number of hydrogen-bond acceptors (Lipinski definition) is 4. The Balaban J connectivity index is 0. The molecule has 16 heavy (non-hydrogen) atoms. The van der Waals surface area contributed by atoms with Crippen molar-refractivity contribution in [2.75, 3.05) is 5.08 Å². The van der Waals surface area contributed by atoms with E-state index in [2.05, 4.69) is 0 Å². The Bertz CT molecular complexity index is 387. The Morgan fingerprint density at radius 1 is 0.688 bits per heavy atom. The Morgan fingerprint density at radius 3 is 1.00 bits per heavy atom. The third-order valence-corrected chi connectivity index (χ3v) is 4.91. The summed E-state index contributed by atoms with van der Waals surface area (Å²) in [5, 5.41) is -3.03. The van der Waals surface area contributed by atoms with Crippen LogP contribution in [0, 0.1) is 0 Å². The van der Waals surface area contributed by atoms with Crippen LogP contribution in [0.5, 0.6) is 0 Å². The van der Waals surface area contributed by atoms with E-state index < -0.39 is 35.8 Å². The fourth-order valence-corrected chi connectivity index (χ4v) is 3.04. The quantitative estimate of drug-likeness (QED) is 0.547. The predicted molar refractivity (Wildman–Crippen MR) is 40.6 cm³/mol. The smallest absolute Gasteiger partial charge is 0.218 e. The Kier molecular flexibility index (Phi) is 6.57. The summed E-state index contributed by atoms with van der Waals surface area (Å²) in [6.07, 6.45) is 0.